The lowest BCUT2D eigenvalue weighted by Gasteiger charge is -2.34. The van der Waals surface area contributed by atoms with Crippen LogP contribution in [0.2, 0.25) is 0 Å². The van der Waals surface area contributed by atoms with Crippen molar-refractivity contribution in [3.63, 3.8) is 0 Å². The standard InChI is InChI=1S/C16H21N3O4/c1-10-8-11(17-23-10)16(21)19-9-13(18-6-2-5-14(18)20)15-12(19)4-3-7-22-15/h8,12-13,15H,2-7,9H2,1H3/t12-,13-,15+/m0/s1. The van der Waals surface area contributed by atoms with E-state index in [-0.39, 0.29) is 30.0 Å². The molecule has 0 N–H and O–H groups in total. The fourth-order valence-electron chi connectivity index (χ4n) is 4.07. The first-order valence-corrected chi connectivity index (χ1v) is 8.30. The Morgan fingerprint density at radius 3 is 2.91 bits per heavy atom. The van der Waals surface area contributed by atoms with Crippen LogP contribution in [-0.2, 0) is 9.53 Å². The van der Waals surface area contributed by atoms with E-state index < -0.39 is 0 Å². The van der Waals surface area contributed by atoms with Crippen LogP contribution < -0.4 is 0 Å². The van der Waals surface area contributed by atoms with Crippen LogP contribution in [0.1, 0.15) is 41.9 Å². The molecule has 3 saturated heterocycles. The summed E-state index contributed by atoms with van der Waals surface area (Å²) in [5.74, 6) is 0.668. The van der Waals surface area contributed by atoms with Gasteiger partial charge in [0, 0.05) is 32.2 Å². The fourth-order valence-corrected chi connectivity index (χ4v) is 4.07. The van der Waals surface area contributed by atoms with E-state index in [4.69, 9.17) is 9.26 Å². The zero-order valence-corrected chi connectivity index (χ0v) is 13.2. The van der Waals surface area contributed by atoms with Crippen LogP contribution in [0.15, 0.2) is 10.6 Å². The molecule has 0 spiro atoms. The first-order valence-electron chi connectivity index (χ1n) is 8.30. The summed E-state index contributed by atoms with van der Waals surface area (Å²) < 4.78 is 11.0. The van der Waals surface area contributed by atoms with Gasteiger partial charge in [0.05, 0.1) is 18.2 Å². The molecular weight excluding hydrogens is 298 g/mol. The van der Waals surface area contributed by atoms with Crippen molar-refractivity contribution >= 4 is 11.8 Å². The molecule has 1 aromatic heterocycles. The zero-order valence-electron chi connectivity index (χ0n) is 13.2. The molecule has 0 bridgehead atoms. The Morgan fingerprint density at radius 2 is 2.22 bits per heavy atom. The molecule has 23 heavy (non-hydrogen) atoms. The minimum absolute atomic E-state index is 0.0201. The number of carbonyl (C=O) groups excluding carboxylic acids is 2. The van der Waals surface area contributed by atoms with Crippen LogP contribution in [0.3, 0.4) is 0 Å². The number of nitrogens with zero attached hydrogens (tertiary/aromatic N) is 3. The summed E-state index contributed by atoms with van der Waals surface area (Å²) in [4.78, 5) is 28.7. The molecule has 4 rings (SSSR count). The Hall–Kier alpha value is -1.89. The van der Waals surface area contributed by atoms with Crippen LogP contribution in [0.25, 0.3) is 0 Å². The van der Waals surface area contributed by atoms with E-state index in [0.717, 1.165) is 25.8 Å². The molecule has 1 aromatic rings. The maximum absolute atomic E-state index is 12.8. The van der Waals surface area contributed by atoms with Gasteiger partial charge in [0.15, 0.2) is 5.69 Å². The first kappa shape index (κ1) is 14.7. The van der Waals surface area contributed by atoms with Gasteiger partial charge < -0.3 is 19.1 Å². The lowest BCUT2D eigenvalue weighted by atomic mass is 10.00. The fraction of sp³-hybridized carbons (Fsp3) is 0.688. The topological polar surface area (TPSA) is 75.9 Å². The molecule has 3 fully saturated rings. The molecule has 7 nitrogen and oxygen atoms in total. The van der Waals surface area contributed by atoms with Gasteiger partial charge in [-0.3, -0.25) is 9.59 Å². The van der Waals surface area contributed by atoms with Gasteiger partial charge in [-0.05, 0) is 26.2 Å². The van der Waals surface area contributed by atoms with Crippen LogP contribution in [-0.4, -0.2) is 64.7 Å². The van der Waals surface area contributed by atoms with Crippen molar-refractivity contribution in [1.29, 1.82) is 0 Å². The number of amides is 2. The van der Waals surface area contributed by atoms with Gasteiger partial charge in [0.2, 0.25) is 5.91 Å². The SMILES string of the molecule is Cc1cc(C(=O)N2C[C@H](N3CCCC3=O)[C@@H]3OCCC[C@@H]32)no1. The summed E-state index contributed by atoms with van der Waals surface area (Å²) in [5, 5.41) is 3.85. The van der Waals surface area contributed by atoms with Gasteiger partial charge in [-0.1, -0.05) is 5.16 Å². The Labute approximate surface area is 134 Å². The normalized spacial score (nSPS) is 30.8. The third-order valence-electron chi connectivity index (χ3n) is 5.12. The van der Waals surface area contributed by atoms with Gasteiger partial charge in [0.1, 0.15) is 5.76 Å². The van der Waals surface area contributed by atoms with Gasteiger partial charge in [-0.25, -0.2) is 0 Å². The summed E-state index contributed by atoms with van der Waals surface area (Å²) in [6.45, 7) is 3.75. The molecule has 7 heteroatoms. The molecule has 0 aromatic carbocycles. The molecule has 3 atom stereocenters. The summed E-state index contributed by atoms with van der Waals surface area (Å²) in [5.41, 5.74) is 0.334. The summed E-state index contributed by atoms with van der Waals surface area (Å²) in [6.07, 6.45) is 3.26. The highest BCUT2D eigenvalue weighted by Gasteiger charge is 2.50. The Bertz CT molecular complexity index is 629. The molecule has 2 amide bonds. The van der Waals surface area contributed by atoms with Crippen molar-refractivity contribution in [3.05, 3.63) is 17.5 Å². The van der Waals surface area contributed by atoms with Crippen molar-refractivity contribution in [3.8, 4) is 0 Å². The number of rotatable bonds is 2. The van der Waals surface area contributed by atoms with E-state index in [0.29, 0.717) is 31.0 Å². The highest BCUT2D eigenvalue weighted by molar-refractivity contribution is 5.93. The molecule has 124 valence electrons. The lowest BCUT2D eigenvalue weighted by Crippen LogP contribution is -2.48. The van der Waals surface area contributed by atoms with Crippen molar-refractivity contribution < 1.29 is 18.8 Å². The minimum Gasteiger partial charge on any atom is -0.374 e. The van der Waals surface area contributed by atoms with Gasteiger partial charge in [0.25, 0.3) is 5.91 Å². The van der Waals surface area contributed by atoms with Gasteiger partial charge in [-0.15, -0.1) is 0 Å². The average Bonchev–Trinajstić information content (AvgIpc) is 3.25. The predicted molar refractivity (Wildman–Crippen MR) is 79.8 cm³/mol. The van der Waals surface area contributed by atoms with Crippen LogP contribution in [0.5, 0.6) is 0 Å². The van der Waals surface area contributed by atoms with Gasteiger partial charge in [-0.2, -0.15) is 0 Å². The number of aromatic nitrogens is 1. The second kappa shape index (κ2) is 5.63. The first-order chi connectivity index (χ1) is 11.1. The van der Waals surface area contributed by atoms with Crippen molar-refractivity contribution in [2.45, 2.75) is 50.8 Å². The van der Waals surface area contributed by atoms with E-state index in [1.54, 1.807) is 13.0 Å². The minimum atomic E-state index is -0.128. The van der Waals surface area contributed by atoms with Crippen LogP contribution in [0.4, 0.5) is 0 Å². The number of fused-ring (bicyclic) bond motifs is 1. The molecule has 4 heterocycles. The third kappa shape index (κ3) is 2.43. The van der Waals surface area contributed by atoms with E-state index in [1.165, 1.54) is 0 Å². The number of aryl methyl sites for hydroxylation is 1. The molecule has 3 aliphatic heterocycles. The van der Waals surface area contributed by atoms with Crippen molar-refractivity contribution in [2.24, 2.45) is 0 Å². The second-order valence-corrected chi connectivity index (χ2v) is 6.58. The van der Waals surface area contributed by atoms with E-state index in [1.807, 2.05) is 9.80 Å². The highest BCUT2D eigenvalue weighted by Crippen LogP contribution is 2.34. The summed E-state index contributed by atoms with van der Waals surface area (Å²) >= 11 is 0. The van der Waals surface area contributed by atoms with Crippen LogP contribution >= 0.6 is 0 Å². The monoisotopic (exact) mass is 319 g/mol. The number of likely N-dealkylation sites (tertiary alicyclic amines) is 2. The molecule has 0 radical (unpaired) electrons. The van der Waals surface area contributed by atoms with Crippen molar-refractivity contribution in [1.82, 2.24) is 15.0 Å². The van der Waals surface area contributed by atoms with Crippen molar-refractivity contribution in [2.75, 3.05) is 19.7 Å². The smallest absolute Gasteiger partial charge is 0.276 e. The summed E-state index contributed by atoms with van der Waals surface area (Å²) in [6, 6.07) is 1.65. The maximum atomic E-state index is 12.8. The third-order valence-corrected chi connectivity index (χ3v) is 5.12. The second-order valence-electron chi connectivity index (χ2n) is 6.58. The average molecular weight is 319 g/mol. The van der Waals surface area contributed by atoms with E-state index in [2.05, 4.69) is 5.16 Å². The van der Waals surface area contributed by atoms with Crippen LogP contribution in [0, 0.1) is 6.92 Å². The number of hydrogen-bond acceptors (Lipinski definition) is 5. The maximum Gasteiger partial charge on any atom is 0.276 e. The van der Waals surface area contributed by atoms with Gasteiger partial charge >= 0.3 is 0 Å². The highest BCUT2D eigenvalue weighted by atomic mass is 16.5. The van der Waals surface area contributed by atoms with E-state index in [9.17, 15) is 9.59 Å². The lowest BCUT2D eigenvalue weighted by molar-refractivity contribution is -0.132. The molecular formula is C16H21N3O4. The molecule has 0 aliphatic carbocycles. The summed E-state index contributed by atoms with van der Waals surface area (Å²) in [7, 11) is 0. The Kier molecular flexibility index (Phi) is 3.60. The number of hydrogen-bond donors (Lipinski definition) is 0. The Balaban J connectivity index is 1.60. The Morgan fingerprint density at radius 1 is 1.35 bits per heavy atom. The van der Waals surface area contributed by atoms with E-state index >= 15 is 0 Å². The zero-order chi connectivity index (χ0) is 16.0. The number of ether oxygens (including phenoxy) is 1. The largest absolute Gasteiger partial charge is 0.374 e. The molecule has 0 saturated carbocycles. The molecule has 0 unspecified atom stereocenters. The molecule has 3 aliphatic rings. The quantitative estimate of drug-likeness (QED) is 0.812. The number of carbonyl (C=O) groups is 2. The predicted octanol–water partition coefficient (Wildman–Crippen LogP) is 0.977.